The van der Waals surface area contributed by atoms with E-state index in [9.17, 15) is 17.6 Å². The van der Waals surface area contributed by atoms with Crippen molar-refractivity contribution in [3.63, 3.8) is 0 Å². The maximum atomic E-state index is 13.4. The standard InChI is InChI=1S/C12H5Cl2F4N/c13-6-1-2-7(9(14)3-6)11-4-10(15)8(5-19-11)12(16,17)18/h1-5H. The number of pyridine rings is 1. The van der Waals surface area contributed by atoms with E-state index >= 15 is 0 Å². The van der Waals surface area contributed by atoms with Crippen LogP contribution in [-0.2, 0) is 6.18 Å². The maximum Gasteiger partial charge on any atom is 0.420 e. The Kier molecular flexibility index (Phi) is 3.69. The molecule has 0 atom stereocenters. The summed E-state index contributed by atoms with van der Waals surface area (Å²) in [5, 5.41) is 0.542. The number of hydrogen-bond acceptors (Lipinski definition) is 1. The average Bonchev–Trinajstić information content (AvgIpc) is 2.26. The maximum absolute atomic E-state index is 13.4. The summed E-state index contributed by atoms with van der Waals surface area (Å²) in [5.41, 5.74) is -1.10. The fourth-order valence-corrected chi connectivity index (χ4v) is 1.99. The lowest BCUT2D eigenvalue weighted by molar-refractivity contribution is -0.140. The van der Waals surface area contributed by atoms with Crippen molar-refractivity contribution in [2.75, 3.05) is 0 Å². The molecule has 2 rings (SSSR count). The zero-order valence-electron chi connectivity index (χ0n) is 9.10. The van der Waals surface area contributed by atoms with Gasteiger partial charge in [-0.25, -0.2) is 4.39 Å². The first kappa shape index (κ1) is 14.1. The van der Waals surface area contributed by atoms with Gasteiger partial charge in [0.1, 0.15) is 11.4 Å². The van der Waals surface area contributed by atoms with Crippen molar-refractivity contribution in [3.05, 3.63) is 51.9 Å². The molecule has 0 bridgehead atoms. The third-order valence-corrected chi connectivity index (χ3v) is 2.91. The zero-order chi connectivity index (χ0) is 14.2. The van der Waals surface area contributed by atoms with E-state index in [2.05, 4.69) is 4.98 Å². The Balaban J connectivity index is 2.51. The van der Waals surface area contributed by atoms with Crippen molar-refractivity contribution in [1.82, 2.24) is 4.98 Å². The molecule has 1 heterocycles. The van der Waals surface area contributed by atoms with Crippen molar-refractivity contribution >= 4 is 23.2 Å². The van der Waals surface area contributed by atoms with Crippen LogP contribution in [-0.4, -0.2) is 4.98 Å². The molecule has 2 aromatic rings. The molecule has 19 heavy (non-hydrogen) atoms. The lowest BCUT2D eigenvalue weighted by Gasteiger charge is -2.09. The van der Waals surface area contributed by atoms with E-state index in [1.165, 1.54) is 18.2 Å². The number of aromatic nitrogens is 1. The van der Waals surface area contributed by atoms with Gasteiger partial charge in [0, 0.05) is 22.8 Å². The largest absolute Gasteiger partial charge is 0.420 e. The Hall–Kier alpha value is -1.33. The monoisotopic (exact) mass is 309 g/mol. The predicted molar refractivity (Wildman–Crippen MR) is 64.7 cm³/mol. The Bertz CT molecular complexity index is 626. The molecular weight excluding hydrogens is 305 g/mol. The molecule has 0 fully saturated rings. The third-order valence-electron chi connectivity index (χ3n) is 2.37. The first-order valence-electron chi connectivity index (χ1n) is 4.97. The lowest BCUT2D eigenvalue weighted by atomic mass is 10.1. The summed E-state index contributed by atoms with van der Waals surface area (Å²) in [5.74, 6) is -1.40. The molecule has 0 aliphatic carbocycles. The molecule has 0 aliphatic heterocycles. The van der Waals surface area contributed by atoms with Crippen LogP contribution in [0.4, 0.5) is 17.6 Å². The fourth-order valence-electron chi connectivity index (χ4n) is 1.48. The molecule has 0 saturated carbocycles. The number of rotatable bonds is 1. The van der Waals surface area contributed by atoms with Crippen molar-refractivity contribution in [2.24, 2.45) is 0 Å². The molecule has 1 aromatic carbocycles. The van der Waals surface area contributed by atoms with E-state index in [1.54, 1.807) is 0 Å². The summed E-state index contributed by atoms with van der Waals surface area (Å²) >= 11 is 11.6. The van der Waals surface area contributed by atoms with Crippen LogP contribution < -0.4 is 0 Å². The number of hydrogen-bond donors (Lipinski definition) is 0. The summed E-state index contributed by atoms with van der Waals surface area (Å²) in [4.78, 5) is 3.58. The quantitative estimate of drug-likeness (QED) is 0.659. The molecule has 0 aliphatic rings. The van der Waals surface area contributed by atoms with Crippen LogP contribution >= 0.6 is 23.2 Å². The number of benzene rings is 1. The summed E-state index contributed by atoms with van der Waals surface area (Å²) in [6, 6.07) is 5.04. The molecule has 0 N–H and O–H groups in total. The topological polar surface area (TPSA) is 12.9 Å². The highest BCUT2D eigenvalue weighted by molar-refractivity contribution is 6.36. The average molecular weight is 310 g/mol. The highest BCUT2D eigenvalue weighted by Gasteiger charge is 2.34. The van der Waals surface area contributed by atoms with Gasteiger partial charge in [0.15, 0.2) is 0 Å². The predicted octanol–water partition coefficient (Wildman–Crippen LogP) is 5.21. The highest BCUT2D eigenvalue weighted by atomic mass is 35.5. The minimum Gasteiger partial charge on any atom is -0.255 e. The summed E-state index contributed by atoms with van der Waals surface area (Å²) in [7, 11) is 0. The van der Waals surface area contributed by atoms with Crippen molar-refractivity contribution in [1.29, 1.82) is 0 Å². The Morgan fingerprint density at radius 1 is 1.05 bits per heavy atom. The minimum atomic E-state index is -4.78. The molecule has 0 amide bonds. The summed E-state index contributed by atoms with van der Waals surface area (Å²) < 4.78 is 50.6. The number of nitrogens with zero attached hydrogens (tertiary/aromatic N) is 1. The van der Waals surface area contributed by atoms with Crippen LogP contribution in [0.15, 0.2) is 30.5 Å². The van der Waals surface area contributed by atoms with Crippen LogP contribution in [0.2, 0.25) is 10.0 Å². The number of halogens is 6. The van der Waals surface area contributed by atoms with Crippen molar-refractivity contribution in [3.8, 4) is 11.3 Å². The Labute approximate surface area is 115 Å². The molecule has 1 nitrogen and oxygen atoms in total. The van der Waals surface area contributed by atoms with Gasteiger partial charge in [-0.3, -0.25) is 4.98 Å². The van der Waals surface area contributed by atoms with Crippen LogP contribution in [0, 0.1) is 5.82 Å². The van der Waals surface area contributed by atoms with Gasteiger partial charge in [0.25, 0.3) is 0 Å². The smallest absolute Gasteiger partial charge is 0.255 e. The third kappa shape index (κ3) is 2.98. The van der Waals surface area contributed by atoms with Gasteiger partial charge >= 0.3 is 6.18 Å². The number of alkyl halides is 3. The van der Waals surface area contributed by atoms with E-state index in [1.807, 2.05) is 0 Å². The van der Waals surface area contributed by atoms with Gasteiger partial charge in [-0.2, -0.15) is 13.2 Å². The molecule has 0 radical (unpaired) electrons. The van der Waals surface area contributed by atoms with Crippen LogP contribution in [0.25, 0.3) is 11.3 Å². The first-order valence-corrected chi connectivity index (χ1v) is 5.73. The first-order chi connectivity index (χ1) is 8.79. The molecule has 0 saturated heterocycles. The van der Waals surface area contributed by atoms with E-state index < -0.39 is 17.6 Å². The normalized spacial score (nSPS) is 11.7. The van der Waals surface area contributed by atoms with E-state index in [0.717, 1.165) is 0 Å². The molecule has 0 unspecified atom stereocenters. The fraction of sp³-hybridized carbons (Fsp3) is 0.0833. The molecule has 1 aromatic heterocycles. The lowest BCUT2D eigenvalue weighted by Crippen LogP contribution is -2.09. The van der Waals surface area contributed by atoms with Gasteiger partial charge < -0.3 is 0 Å². The molecule has 0 spiro atoms. The van der Waals surface area contributed by atoms with Gasteiger partial charge in [-0.05, 0) is 18.2 Å². The van der Waals surface area contributed by atoms with Crippen LogP contribution in [0.1, 0.15) is 5.56 Å². The van der Waals surface area contributed by atoms with Crippen LogP contribution in [0.3, 0.4) is 0 Å². The van der Waals surface area contributed by atoms with E-state index in [0.29, 0.717) is 22.8 Å². The van der Waals surface area contributed by atoms with Gasteiger partial charge in [0.2, 0.25) is 0 Å². The van der Waals surface area contributed by atoms with Crippen molar-refractivity contribution in [2.45, 2.75) is 6.18 Å². The SMILES string of the molecule is Fc1cc(-c2ccc(Cl)cc2Cl)ncc1C(F)(F)F. The van der Waals surface area contributed by atoms with Crippen molar-refractivity contribution < 1.29 is 17.6 Å². The summed E-state index contributed by atoms with van der Waals surface area (Å²) in [6.07, 6.45) is -4.34. The van der Waals surface area contributed by atoms with Gasteiger partial charge in [-0.1, -0.05) is 23.2 Å². The highest BCUT2D eigenvalue weighted by Crippen LogP contribution is 2.34. The Morgan fingerprint density at radius 2 is 1.74 bits per heavy atom. The Morgan fingerprint density at radius 3 is 2.26 bits per heavy atom. The van der Waals surface area contributed by atoms with Gasteiger partial charge in [0.05, 0.1) is 10.7 Å². The second-order valence-corrected chi connectivity index (χ2v) is 4.51. The van der Waals surface area contributed by atoms with E-state index in [-0.39, 0.29) is 10.7 Å². The van der Waals surface area contributed by atoms with Gasteiger partial charge in [-0.15, -0.1) is 0 Å². The second-order valence-electron chi connectivity index (χ2n) is 3.67. The van der Waals surface area contributed by atoms with E-state index in [4.69, 9.17) is 23.2 Å². The second kappa shape index (κ2) is 4.98. The summed E-state index contributed by atoms with van der Waals surface area (Å²) in [6.45, 7) is 0. The minimum absolute atomic E-state index is 0.00664. The zero-order valence-corrected chi connectivity index (χ0v) is 10.6. The van der Waals surface area contributed by atoms with Crippen LogP contribution in [0.5, 0.6) is 0 Å². The molecule has 7 heteroatoms. The molecular formula is C12H5Cl2F4N. The molecule has 100 valence electrons.